The first-order chi connectivity index (χ1) is 9.09. The molecule has 0 aliphatic heterocycles. The molecule has 1 aliphatic rings. The summed E-state index contributed by atoms with van der Waals surface area (Å²) >= 11 is 0. The van der Waals surface area contributed by atoms with Gasteiger partial charge in [0.25, 0.3) is 0 Å². The van der Waals surface area contributed by atoms with Crippen molar-refractivity contribution in [3.63, 3.8) is 0 Å². The molecule has 0 aromatic rings. The van der Waals surface area contributed by atoms with Crippen molar-refractivity contribution >= 4 is 5.78 Å². The molecule has 0 saturated heterocycles. The molecule has 0 amide bonds. The fourth-order valence-corrected chi connectivity index (χ4v) is 1.58. The van der Waals surface area contributed by atoms with Crippen LogP contribution in [-0.2, 0) is 4.79 Å². The molecule has 2 atom stereocenters. The van der Waals surface area contributed by atoms with Gasteiger partial charge < -0.3 is 0 Å². The van der Waals surface area contributed by atoms with Crippen molar-refractivity contribution in [2.75, 3.05) is 0 Å². The van der Waals surface area contributed by atoms with Crippen LogP contribution in [-0.4, -0.2) is 5.78 Å². The molecule has 1 aliphatic carbocycles. The second-order valence-electron chi connectivity index (χ2n) is 4.72. The first kappa shape index (κ1) is 15.1. The van der Waals surface area contributed by atoms with Gasteiger partial charge in [-0.05, 0) is 44.6 Å². The van der Waals surface area contributed by atoms with Gasteiger partial charge in [0.2, 0.25) is 0 Å². The topological polar surface area (TPSA) is 17.1 Å². The van der Waals surface area contributed by atoms with Gasteiger partial charge in [-0.3, -0.25) is 4.79 Å². The fraction of sp³-hybridized carbons (Fsp3) is 0.389. The lowest BCUT2D eigenvalue weighted by Crippen LogP contribution is -1.97. The van der Waals surface area contributed by atoms with Gasteiger partial charge in [-0.25, -0.2) is 0 Å². The Kier molecular flexibility index (Phi) is 6.48. The monoisotopic (exact) mass is 252 g/mol. The van der Waals surface area contributed by atoms with Crippen LogP contribution in [0.5, 0.6) is 0 Å². The highest BCUT2D eigenvalue weighted by Crippen LogP contribution is 2.05. The number of carbonyl (C=O) groups excluding carboxylic acids is 1. The molecule has 2 unspecified atom stereocenters. The second-order valence-corrected chi connectivity index (χ2v) is 4.72. The highest BCUT2D eigenvalue weighted by molar-refractivity contribution is 5.95. The van der Waals surface area contributed by atoms with Gasteiger partial charge in [-0.2, -0.15) is 0 Å². The highest BCUT2D eigenvalue weighted by atomic mass is 16.1. The number of carbonyl (C=O) groups is 1. The highest BCUT2D eigenvalue weighted by Gasteiger charge is 2.01. The Bertz CT molecular complexity index is 524. The van der Waals surface area contributed by atoms with Gasteiger partial charge >= 0.3 is 0 Å². The molecule has 1 rings (SSSR count). The van der Waals surface area contributed by atoms with Crippen molar-refractivity contribution < 1.29 is 4.79 Å². The summed E-state index contributed by atoms with van der Waals surface area (Å²) in [7, 11) is 0. The number of allylic oxidation sites excluding steroid dienone is 6. The maximum absolute atomic E-state index is 11.8. The zero-order valence-electron chi connectivity index (χ0n) is 11.9. The molecule has 0 aromatic heterocycles. The maximum atomic E-state index is 11.8. The molecule has 98 valence electrons. The van der Waals surface area contributed by atoms with Crippen LogP contribution in [0, 0.1) is 35.5 Å². The van der Waals surface area contributed by atoms with E-state index in [2.05, 4.69) is 23.7 Å². The van der Waals surface area contributed by atoms with Gasteiger partial charge in [0.05, 0.1) is 0 Å². The summed E-state index contributed by atoms with van der Waals surface area (Å²) in [6, 6.07) is 0. The second kappa shape index (κ2) is 8.17. The summed E-state index contributed by atoms with van der Waals surface area (Å²) in [5, 5.41) is 0. The van der Waals surface area contributed by atoms with Crippen LogP contribution in [0.2, 0.25) is 0 Å². The van der Waals surface area contributed by atoms with Crippen LogP contribution in [0.25, 0.3) is 0 Å². The van der Waals surface area contributed by atoms with Crippen molar-refractivity contribution in [2.45, 2.75) is 33.6 Å². The molecule has 0 bridgehead atoms. The molecular weight excluding hydrogens is 232 g/mol. The van der Waals surface area contributed by atoms with Crippen LogP contribution in [0.15, 0.2) is 36.0 Å². The van der Waals surface area contributed by atoms with Crippen LogP contribution in [0.3, 0.4) is 0 Å². The summed E-state index contributed by atoms with van der Waals surface area (Å²) in [6.07, 6.45) is 11.1. The minimum Gasteiger partial charge on any atom is -0.294 e. The Hall–Kier alpha value is -1.99. The smallest absolute Gasteiger partial charge is 0.162 e. The summed E-state index contributed by atoms with van der Waals surface area (Å²) in [6.45, 7) is 5.91. The van der Waals surface area contributed by atoms with E-state index in [0.717, 1.165) is 12.0 Å². The van der Waals surface area contributed by atoms with Crippen LogP contribution >= 0.6 is 0 Å². The number of hydrogen-bond acceptors (Lipinski definition) is 1. The molecule has 1 nitrogen and oxygen atoms in total. The van der Waals surface area contributed by atoms with Crippen molar-refractivity contribution in [2.24, 2.45) is 11.8 Å². The van der Waals surface area contributed by atoms with E-state index < -0.39 is 0 Å². The Balaban J connectivity index is 2.89. The Morgan fingerprint density at radius 3 is 2.26 bits per heavy atom. The van der Waals surface area contributed by atoms with E-state index in [1.807, 2.05) is 51.2 Å². The van der Waals surface area contributed by atoms with Crippen molar-refractivity contribution in [3.05, 3.63) is 36.0 Å². The third kappa shape index (κ3) is 6.49. The predicted molar refractivity (Wildman–Crippen MR) is 80.2 cm³/mol. The molecule has 0 radical (unpaired) electrons. The molecule has 0 heterocycles. The van der Waals surface area contributed by atoms with E-state index in [1.165, 1.54) is 0 Å². The minimum atomic E-state index is 0.127. The van der Waals surface area contributed by atoms with Crippen molar-refractivity contribution in [1.82, 2.24) is 0 Å². The predicted octanol–water partition coefficient (Wildman–Crippen LogP) is 3.69. The zero-order chi connectivity index (χ0) is 14.1. The summed E-state index contributed by atoms with van der Waals surface area (Å²) < 4.78 is 0. The first-order valence-corrected chi connectivity index (χ1v) is 6.64. The van der Waals surface area contributed by atoms with Gasteiger partial charge in [0, 0.05) is 18.3 Å². The number of hydrogen-bond donors (Lipinski definition) is 0. The van der Waals surface area contributed by atoms with Gasteiger partial charge in [-0.15, -0.1) is 0 Å². The molecule has 0 fully saturated rings. The van der Waals surface area contributed by atoms with E-state index in [1.54, 1.807) is 0 Å². The standard InChI is InChI=1S/C18H20O/c1-15-9-4-5-10-16(2)12-8-14-18(19)17(3)13-7-6-11-15/h6,8,11-13,15-16H,7,14H2,1-3H3/b11-6-,12-8+,17-13+. The normalized spacial score (nSPS) is 30.3. The molecular formula is C18H20O. The zero-order valence-corrected chi connectivity index (χ0v) is 11.9. The number of ketones is 1. The number of Topliss-reactive ketones (excluding diaryl/α,β-unsaturated/α-hetero) is 1. The molecule has 0 aromatic carbocycles. The largest absolute Gasteiger partial charge is 0.294 e. The van der Waals surface area contributed by atoms with E-state index in [4.69, 9.17) is 0 Å². The van der Waals surface area contributed by atoms with Gasteiger partial charge in [0.1, 0.15) is 0 Å². The third-order valence-electron chi connectivity index (χ3n) is 2.81. The minimum absolute atomic E-state index is 0.127. The lowest BCUT2D eigenvalue weighted by molar-refractivity contribution is -0.114. The van der Waals surface area contributed by atoms with Crippen LogP contribution in [0.4, 0.5) is 0 Å². The molecule has 0 saturated carbocycles. The quantitative estimate of drug-likeness (QED) is 0.475. The summed E-state index contributed by atoms with van der Waals surface area (Å²) in [5.74, 6) is 12.3. The average Bonchev–Trinajstić information content (AvgIpc) is 2.38. The molecule has 0 spiro atoms. The average molecular weight is 252 g/mol. The SMILES string of the molecule is C/C1=C\C/C=C\C(C)C#CC#CC(C)/C=C/CC1=O. The Labute approximate surface area is 116 Å². The van der Waals surface area contributed by atoms with E-state index in [0.29, 0.717) is 6.42 Å². The van der Waals surface area contributed by atoms with Crippen molar-refractivity contribution in [1.29, 1.82) is 0 Å². The number of rotatable bonds is 0. The van der Waals surface area contributed by atoms with Crippen molar-refractivity contribution in [3.8, 4) is 23.7 Å². The Morgan fingerprint density at radius 2 is 1.63 bits per heavy atom. The summed E-state index contributed by atoms with van der Waals surface area (Å²) in [5.41, 5.74) is 0.821. The molecule has 1 heteroatoms. The first-order valence-electron chi connectivity index (χ1n) is 6.64. The van der Waals surface area contributed by atoms with Crippen LogP contribution < -0.4 is 0 Å². The third-order valence-corrected chi connectivity index (χ3v) is 2.81. The fourth-order valence-electron chi connectivity index (χ4n) is 1.58. The summed E-state index contributed by atoms with van der Waals surface area (Å²) in [4.78, 5) is 11.8. The molecule has 19 heavy (non-hydrogen) atoms. The lowest BCUT2D eigenvalue weighted by atomic mass is 10.1. The van der Waals surface area contributed by atoms with E-state index in [-0.39, 0.29) is 17.6 Å². The van der Waals surface area contributed by atoms with E-state index >= 15 is 0 Å². The van der Waals surface area contributed by atoms with Gasteiger partial charge in [0.15, 0.2) is 5.78 Å². The Morgan fingerprint density at radius 1 is 1.05 bits per heavy atom. The van der Waals surface area contributed by atoms with Crippen LogP contribution in [0.1, 0.15) is 33.6 Å². The maximum Gasteiger partial charge on any atom is 0.162 e. The molecule has 0 N–H and O–H groups in total. The van der Waals surface area contributed by atoms with Gasteiger partial charge in [-0.1, -0.05) is 42.2 Å². The van der Waals surface area contributed by atoms with E-state index in [9.17, 15) is 4.79 Å². The lowest BCUT2D eigenvalue weighted by Gasteiger charge is -1.97.